The van der Waals surface area contributed by atoms with Gasteiger partial charge in [-0.1, -0.05) is 0 Å². The van der Waals surface area contributed by atoms with Crippen LogP contribution in [-0.4, -0.2) is 40.2 Å². The number of aliphatic hydroxyl groups is 2. The van der Waals surface area contributed by atoms with Crippen LogP contribution in [0.4, 0.5) is 11.4 Å². The summed E-state index contributed by atoms with van der Waals surface area (Å²) >= 11 is 0. The molecule has 1 aromatic rings. The number of aliphatic hydroxyl groups excluding tert-OH is 2. The van der Waals surface area contributed by atoms with Crippen LogP contribution in [-0.2, 0) is 0 Å². The smallest absolute Gasteiger partial charge is 0.270 e. The lowest BCUT2D eigenvalue weighted by atomic mass is 10.1. The molecule has 0 heterocycles. The Morgan fingerprint density at radius 3 is 2.72 bits per heavy atom. The average molecular weight is 254 g/mol. The number of Topliss-reactive ketones (excluding diaryl/α,β-unsaturated/α-hetero) is 1. The summed E-state index contributed by atoms with van der Waals surface area (Å²) in [6, 6.07) is 3.84. The van der Waals surface area contributed by atoms with E-state index in [1.54, 1.807) is 0 Å². The lowest BCUT2D eigenvalue weighted by Crippen LogP contribution is -2.23. The number of carbonyl (C=O) groups excluding carboxylic acids is 1. The number of carbonyl (C=O) groups is 1. The summed E-state index contributed by atoms with van der Waals surface area (Å²) in [5, 5.41) is 31.2. The highest BCUT2D eigenvalue weighted by Crippen LogP contribution is 2.22. The number of anilines is 1. The summed E-state index contributed by atoms with van der Waals surface area (Å²) in [6.07, 6.45) is -0.958. The first-order chi connectivity index (χ1) is 8.45. The molecule has 0 spiro atoms. The SMILES string of the molecule is CC(=O)c1cc([N+](=O)[O-])ccc1NCC(O)CO. The van der Waals surface area contributed by atoms with E-state index in [-0.39, 0.29) is 23.6 Å². The number of nitrogens with zero attached hydrogens (tertiary/aromatic N) is 1. The lowest BCUT2D eigenvalue weighted by molar-refractivity contribution is -0.384. The molecule has 0 fully saturated rings. The number of nitro groups is 1. The third-order valence-corrected chi connectivity index (χ3v) is 2.33. The average Bonchev–Trinajstić information content (AvgIpc) is 2.35. The van der Waals surface area contributed by atoms with Crippen molar-refractivity contribution >= 4 is 17.2 Å². The van der Waals surface area contributed by atoms with E-state index >= 15 is 0 Å². The highest BCUT2D eigenvalue weighted by atomic mass is 16.6. The van der Waals surface area contributed by atoms with Crippen LogP contribution in [0.15, 0.2) is 18.2 Å². The molecule has 0 aliphatic carbocycles. The molecule has 0 radical (unpaired) electrons. The molecule has 3 N–H and O–H groups in total. The van der Waals surface area contributed by atoms with Gasteiger partial charge in [0.25, 0.3) is 5.69 Å². The van der Waals surface area contributed by atoms with Crippen molar-refractivity contribution < 1.29 is 19.9 Å². The maximum atomic E-state index is 11.4. The number of ketones is 1. The van der Waals surface area contributed by atoms with E-state index in [4.69, 9.17) is 5.11 Å². The number of rotatable bonds is 6. The first-order valence-corrected chi connectivity index (χ1v) is 5.28. The minimum Gasteiger partial charge on any atom is -0.394 e. The van der Waals surface area contributed by atoms with E-state index in [0.29, 0.717) is 5.69 Å². The Bertz CT molecular complexity index is 461. The molecule has 98 valence electrons. The predicted octanol–water partition coefficient (Wildman–Crippen LogP) is 0.562. The van der Waals surface area contributed by atoms with Crippen molar-refractivity contribution in [1.29, 1.82) is 0 Å². The largest absolute Gasteiger partial charge is 0.394 e. The van der Waals surface area contributed by atoms with Crippen LogP contribution in [0.5, 0.6) is 0 Å². The van der Waals surface area contributed by atoms with Gasteiger partial charge >= 0.3 is 0 Å². The van der Waals surface area contributed by atoms with Crippen LogP contribution < -0.4 is 5.32 Å². The molecule has 0 saturated carbocycles. The summed E-state index contributed by atoms with van der Waals surface area (Å²) < 4.78 is 0. The molecular weight excluding hydrogens is 240 g/mol. The van der Waals surface area contributed by atoms with Gasteiger partial charge in [-0.05, 0) is 13.0 Å². The number of non-ortho nitro benzene ring substituents is 1. The molecule has 0 saturated heterocycles. The van der Waals surface area contributed by atoms with Gasteiger partial charge in [-0.2, -0.15) is 0 Å². The van der Waals surface area contributed by atoms with Gasteiger partial charge in [-0.25, -0.2) is 0 Å². The van der Waals surface area contributed by atoms with Gasteiger partial charge in [0, 0.05) is 29.9 Å². The van der Waals surface area contributed by atoms with Crippen molar-refractivity contribution in [2.24, 2.45) is 0 Å². The normalized spacial score (nSPS) is 11.9. The Labute approximate surface area is 103 Å². The van der Waals surface area contributed by atoms with Gasteiger partial charge in [-0.3, -0.25) is 14.9 Å². The third-order valence-electron chi connectivity index (χ3n) is 2.33. The fourth-order valence-corrected chi connectivity index (χ4v) is 1.38. The van der Waals surface area contributed by atoms with Gasteiger partial charge in [0.15, 0.2) is 5.78 Å². The first-order valence-electron chi connectivity index (χ1n) is 5.28. The summed E-state index contributed by atoms with van der Waals surface area (Å²) in [5.41, 5.74) is 0.392. The molecule has 1 unspecified atom stereocenters. The Morgan fingerprint density at radius 2 is 2.22 bits per heavy atom. The van der Waals surface area contributed by atoms with Crippen molar-refractivity contribution in [1.82, 2.24) is 0 Å². The number of hydrogen-bond acceptors (Lipinski definition) is 6. The Hall–Kier alpha value is -1.99. The van der Waals surface area contributed by atoms with Crippen LogP contribution in [0, 0.1) is 10.1 Å². The summed E-state index contributed by atoms with van der Waals surface area (Å²) in [4.78, 5) is 21.4. The molecule has 0 aromatic heterocycles. The van der Waals surface area contributed by atoms with Crippen LogP contribution in [0.3, 0.4) is 0 Å². The molecule has 7 nitrogen and oxygen atoms in total. The Kier molecular flexibility index (Phi) is 4.75. The molecule has 7 heteroatoms. The highest BCUT2D eigenvalue weighted by molar-refractivity contribution is 6.00. The summed E-state index contributed by atoms with van der Waals surface area (Å²) in [6.45, 7) is 0.941. The fraction of sp³-hybridized carbons (Fsp3) is 0.364. The van der Waals surface area contributed by atoms with E-state index in [0.717, 1.165) is 0 Å². The minimum atomic E-state index is -0.958. The van der Waals surface area contributed by atoms with E-state index in [9.17, 15) is 20.0 Å². The minimum absolute atomic E-state index is 0.0502. The number of hydrogen-bond donors (Lipinski definition) is 3. The van der Waals surface area contributed by atoms with Gasteiger partial charge < -0.3 is 15.5 Å². The Balaban J connectivity index is 2.97. The summed E-state index contributed by atoms with van der Waals surface area (Å²) in [7, 11) is 0. The van der Waals surface area contributed by atoms with E-state index in [1.165, 1.54) is 25.1 Å². The predicted molar refractivity (Wildman–Crippen MR) is 64.7 cm³/mol. The topological polar surface area (TPSA) is 113 Å². The zero-order chi connectivity index (χ0) is 13.7. The zero-order valence-electron chi connectivity index (χ0n) is 9.79. The maximum Gasteiger partial charge on any atom is 0.270 e. The van der Waals surface area contributed by atoms with Crippen molar-refractivity contribution in [3.8, 4) is 0 Å². The van der Waals surface area contributed by atoms with Crippen LogP contribution in [0.2, 0.25) is 0 Å². The molecule has 0 aliphatic rings. The summed E-state index contributed by atoms with van der Waals surface area (Å²) in [5.74, 6) is -0.320. The molecular formula is C11H14N2O5. The molecule has 0 amide bonds. The molecule has 1 atom stereocenters. The lowest BCUT2D eigenvalue weighted by Gasteiger charge is -2.12. The molecule has 0 bridgehead atoms. The van der Waals surface area contributed by atoms with Gasteiger partial charge in [0.1, 0.15) is 0 Å². The molecule has 1 aromatic carbocycles. The van der Waals surface area contributed by atoms with Crippen LogP contribution in [0.25, 0.3) is 0 Å². The van der Waals surface area contributed by atoms with Crippen LogP contribution >= 0.6 is 0 Å². The van der Waals surface area contributed by atoms with Gasteiger partial charge in [0.05, 0.1) is 17.6 Å². The number of nitrogens with one attached hydrogen (secondary N) is 1. The van der Waals surface area contributed by atoms with Gasteiger partial charge in [0.2, 0.25) is 0 Å². The van der Waals surface area contributed by atoms with Crippen molar-refractivity contribution in [2.45, 2.75) is 13.0 Å². The molecule has 18 heavy (non-hydrogen) atoms. The monoisotopic (exact) mass is 254 g/mol. The number of nitro benzene ring substituents is 1. The maximum absolute atomic E-state index is 11.4. The fourth-order valence-electron chi connectivity index (χ4n) is 1.38. The van der Waals surface area contributed by atoms with Crippen molar-refractivity contribution in [2.75, 3.05) is 18.5 Å². The molecule has 0 aliphatic heterocycles. The van der Waals surface area contributed by atoms with Gasteiger partial charge in [-0.15, -0.1) is 0 Å². The van der Waals surface area contributed by atoms with Crippen LogP contribution in [0.1, 0.15) is 17.3 Å². The van der Waals surface area contributed by atoms with E-state index in [1.807, 2.05) is 0 Å². The first kappa shape index (κ1) is 14.1. The third kappa shape index (κ3) is 3.51. The second-order valence-corrected chi connectivity index (χ2v) is 3.76. The quantitative estimate of drug-likeness (QED) is 0.388. The molecule has 1 rings (SSSR count). The Morgan fingerprint density at radius 1 is 1.56 bits per heavy atom. The number of benzene rings is 1. The highest BCUT2D eigenvalue weighted by Gasteiger charge is 2.14. The second kappa shape index (κ2) is 6.08. The van der Waals surface area contributed by atoms with E-state index in [2.05, 4.69) is 5.32 Å². The van der Waals surface area contributed by atoms with Crippen molar-refractivity contribution in [3.05, 3.63) is 33.9 Å². The second-order valence-electron chi connectivity index (χ2n) is 3.76. The van der Waals surface area contributed by atoms with E-state index < -0.39 is 17.6 Å². The van der Waals surface area contributed by atoms with Crippen molar-refractivity contribution in [3.63, 3.8) is 0 Å². The zero-order valence-corrected chi connectivity index (χ0v) is 9.79. The standard InChI is InChI=1S/C11H14N2O5/c1-7(15)10-4-8(13(17)18)2-3-11(10)12-5-9(16)6-14/h2-4,9,12,14,16H,5-6H2,1H3.